The number of amides is 1. The van der Waals surface area contributed by atoms with Crippen molar-refractivity contribution in [2.75, 3.05) is 11.1 Å². The molecule has 1 amide bonds. The van der Waals surface area contributed by atoms with Crippen molar-refractivity contribution in [3.05, 3.63) is 0 Å². The Balaban J connectivity index is 2.57. The molecule has 0 saturated heterocycles. The second-order valence-corrected chi connectivity index (χ2v) is 3.75. The van der Waals surface area contributed by atoms with E-state index in [1.807, 2.05) is 0 Å². The van der Waals surface area contributed by atoms with E-state index < -0.39 is 5.41 Å². The van der Waals surface area contributed by atoms with E-state index in [4.69, 9.17) is 5.73 Å². The van der Waals surface area contributed by atoms with Crippen molar-refractivity contribution in [3.8, 4) is 0 Å². The largest absolute Gasteiger partial charge is 0.366 e. The zero-order valence-corrected chi connectivity index (χ0v) is 9.15. The van der Waals surface area contributed by atoms with Crippen LogP contribution in [0.4, 0.5) is 11.9 Å². The molecule has 7 heteroatoms. The summed E-state index contributed by atoms with van der Waals surface area (Å²) in [5.74, 6) is -0.612. The van der Waals surface area contributed by atoms with Crippen molar-refractivity contribution in [2.24, 2.45) is 5.41 Å². The summed E-state index contributed by atoms with van der Waals surface area (Å²) < 4.78 is 1.07. The van der Waals surface area contributed by atoms with Gasteiger partial charge in [-0.1, -0.05) is 13.8 Å². The van der Waals surface area contributed by atoms with Crippen LogP contribution in [0.15, 0.2) is 0 Å². The van der Waals surface area contributed by atoms with Crippen LogP contribution in [0.1, 0.15) is 31.5 Å². The molecule has 3 N–H and O–H groups in total. The molecule has 0 radical (unpaired) electrons. The molecule has 0 aromatic carbocycles. The predicted octanol–water partition coefficient (Wildman–Crippen LogP) is 0.259. The summed E-state index contributed by atoms with van der Waals surface area (Å²) in [6.45, 7) is 3.60. The summed E-state index contributed by atoms with van der Waals surface area (Å²) in [6.07, 6.45) is 0.848. The summed E-state index contributed by atoms with van der Waals surface area (Å²) in [5, 5.41) is 6.33. The number of nitrogens with one attached hydrogen (secondary N) is 1. The number of fused-ring (bicyclic) bond motifs is 1. The van der Waals surface area contributed by atoms with E-state index >= 15 is 0 Å². The van der Waals surface area contributed by atoms with Crippen LogP contribution in [0.25, 0.3) is 0 Å². The third-order valence-corrected chi connectivity index (χ3v) is 3.09. The van der Waals surface area contributed by atoms with Gasteiger partial charge in [0.05, 0.1) is 0 Å². The molecular formula is C9H13N5O2. The SMILES string of the molecule is CCC1(CC)C(=O)Nc2nc(N)nn2C1=O. The number of hydrogen-bond donors (Lipinski definition) is 2. The summed E-state index contributed by atoms with van der Waals surface area (Å²) in [5.41, 5.74) is 4.34. The second kappa shape index (κ2) is 3.29. The van der Waals surface area contributed by atoms with Crippen LogP contribution in [0, 0.1) is 5.41 Å². The number of nitrogens with zero attached hydrogens (tertiary/aromatic N) is 3. The van der Waals surface area contributed by atoms with Gasteiger partial charge in [0.2, 0.25) is 17.8 Å². The monoisotopic (exact) mass is 223 g/mol. The van der Waals surface area contributed by atoms with E-state index in [9.17, 15) is 9.59 Å². The lowest BCUT2D eigenvalue weighted by atomic mass is 9.79. The van der Waals surface area contributed by atoms with E-state index in [-0.39, 0.29) is 23.7 Å². The van der Waals surface area contributed by atoms with Crippen molar-refractivity contribution in [1.82, 2.24) is 14.8 Å². The number of anilines is 2. The predicted molar refractivity (Wildman–Crippen MR) is 56.7 cm³/mol. The topological polar surface area (TPSA) is 103 Å². The molecule has 86 valence electrons. The molecule has 0 fully saturated rings. The van der Waals surface area contributed by atoms with E-state index in [0.29, 0.717) is 12.8 Å². The number of rotatable bonds is 2. The zero-order valence-electron chi connectivity index (χ0n) is 9.15. The minimum Gasteiger partial charge on any atom is -0.366 e. The van der Waals surface area contributed by atoms with E-state index in [0.717, 1.165) is 4.68 Å². The van der Waals surface area contributed by atoms with Gasteiger partial charge in [0.1, 0.15) is 5.41 Å². The lowest BCUT2D eigenvalue weighted by Crippen LogP contribution is -2.49. The fourth-order valence-corrected chi connectivity index (χ4v) is 1.95. The van der Waals surface area contributed by atoms with E-state index in [2.05, 4.69) is 15.4 Å². The highest BCUT2D eigenvalue weighted by Gasteiger charge is 2.48. The molecule has 1 aliphatic rings. The lowest BCUT2D eigenvalue weighted by molar-refractivity contribution is -0.124. The number of carbonyl (C=O) groups is 2. The molecule has 2 heterocycles. The molecule has 0 bridgehead atoms. The fourth-order valence-electron chi connectivity index (χ4n) is 1.95. The first-order chi connectivity index (χ1) is 7.55. The smallest absolute Gasteiger partial charge is 0.265 e. The number of nitrogen functional groups attached to an aromatic ring is 1. The van der Waals surface area contributed by atoms with Gasteiger partial charge in [0.15, 0.2) is 0 Å². The standard InChI is InChI=1S/C9H13N5O2/c1-3-9(4-2)5(15)11-8-12-7(10)13-14(8)6(9)16/h3-4H2,1-2H3,(H3,10,11,12,13,15). The third-order valence-electron chi connectivity index (χ3n) is 3.09. The molecule has 0 spiro atoms. The molecule has 1 aromatic rings. The summed E-state index contributed by atoms with van der Waals surface area (Å²) in [4.78, 5) is 27.8. The number of nitrogens with two attached hydrogens (primary N) is 1. The minimum absolute atomic E-state index is 0.0216. The number of aromatic nitrogens is 3. The van der Waals surface area contributed by atoms with Crippen molar-refractivity contribution < 1.29 is 9.59 Å². The number of hydrogen-bond acceptors (Lipinski definition) is 5. The van der Waals surface area contributed by atoms with Crippen LogP contribution in [0.3, 0.4) is 0 Å². The molecule has 0 saturated carbocycles. The average molecular weight is 223 g/mol. The highest BCUT2D eigenvalue weighted by molar-refractivity contribution is 6.14. The van der Waals surface area contributed by atoms with Crippen LogP contribution in [0.2, 0.25) is 0 Å². The third kappa shape index (κ3) is 1.14. The van der Waals surface area contributed by atoms with Gasteiger partial charge in [-0.3, -0.25) is 14.9 Å². The van der Waals surface area contributed by atoms with E-state index in [1.54, 1.807) is 13.8 Å². The van der Waals surface area contributed by atoms with E-state index in [1.165, 1.54) is 0 Å². The average Bonchev–Trinajstić information content (AvgIpc) is 2.61. The molecule has 0 aliphatic carbocycles. The first-order valence-electron chi connectivity index (χ1n) is 5.14. The molecule has 1 aliphatic heterocycles. The Kier molecular flexibility index (Phi) is 2.18. The summed E-state index contributed by atoms with van der Waals surface area (Å²) in [6, 6.07) is 0. The quantitative estimate of drug-likeness (QED) is 0.700. The highest BCUT2D eigenvalue weighted by atomic mass is 16.2. The van der Waals surface area contributed by atoms with Crippen LogP contribution < -0.4 is 11.1 Å². The van der Waals surface area contributed by atoms with Crippen molar-refractivity contribution in [1.29, 1.82) is 0 Å². The Morgan fingerprint density at radius 1 is 1.38 bits per heavy atom. The maximum absolute atomic E-state index is 12.2. The van der Waals surface area contributed by atoms with Gasteiger partial charge in [-0.15, -0.1) is 5.10 Å². The first kappa shape index (κ1) is 10.6. The summed E-state index contributed by atoms with van der Waals surface area (Å²) in [7, 11) is 0. The maximum Gasteiger partial charge on any atom is 0.265 e. The Morgan fingerprint density at radius 3 is 2.56 bits per heavy atom. The molecule has 0 unspecified atom stereocenters. The van der Waals surface area contributed by atoms with Crippen LogP contribution in [-0.4, -0.2) is 26.6 Å². The molecule has 1 aromatic heterocycles. The highest BCUT2D eigenvalue weighted by Crippen LogP contribution is 2.34. The first-order valence-corrected chi connectivity index (χ1v) is 5.14. The Bertz CT molecular complexity index is 460. The lowest BCUT2D eigenvalue weighted by Gasteiger charge is -2.31. The van der Waals surface area contributed by atoms with Crippen molar-refractivity contribution in [2.45, 2.75) is 26.7 Å². The van der Waals surface area contributed by atoms with Gasteiger partial charge in [-0.25, -0.2) is 0 Å². The normalized spacial score (nSPS) is 18.1. The molecule has 0 atom stereocenters. The summed E-state index contributed by atoms with van der Waals surface area (Å²) >= 11 is 0. The van der Waals surface area contributed by atoms with Gasteiger partial charge < -0.3 is 5.73 Å². The molecule has 2 rings (SSSR count). The fraction of sp³-hybridized carbons (Fsp3) is 0.556. The van der Waals surface area contributed by atoms with Crippen LogP contribution in [-0.2, 0) is 4.79 Å². The minimum atomic E-state index is -1.05. The molecular weight excluding hydrogens is 210 g/mol. The van der Waals surface area contributed by atoms with Gasteiger partial charge in [0, 0.05) is 0 Å². The van der Waals surface area contributed by atoms with Crippen molar-refractivity contribution in [3.63, 3.8) is 0 Å². The van der Waals surface area contributed by atoms with Gasteiger partial charge in [0.25, 0.3) is 5.91 Å². The Labute approximate surface area is 92.0 Å². The van der Waals surface area contributed by atoms with Gasteiger partial charge in [-0.2, -0.15) is 9.67 Å². The Morgan fingerprint density at radius 2 is 2.00 bits per heavy atom. The zero-order chi connectivity index (χ0) is 11.9. The molecule has 16 heavy (non-hydrogen) atoms. The number of carbonyl (C=O) groups excluding carboxylic acids is 2. The van der Waals surface area contributed by atoms with Gasteiger partial charge >= 0.3 is 0 Å². The van der Waals surface area contributed by atoms with Gasteiger partial charge in [-0.05, 0) is 12.8 Å². The van der Waals surface area contributed by atoms with Crippen LogP contribution >= 0.6 is 0 Å². The van der Waals surface area contributed by atoms with Crippen LogP contribution in [0.5, 0.6) is 0 Å². The van der Waals surface area contributed by atoms with Crippen molar-refractivity contribution >= 4 is 23.7 Å². The Hall–Kier alpha value is -1.92. The second-order valence-electron chi connectivity index (χ2n) is 3.75. The maximum atomic E-state index is 12.2. The molecule has 7 nitrogen and oxygen atoms in total.